The Hall–Kier alpha value is -1.13. The number of carbonyl (C=O) groups is 2. The van der Waals surface area contributed by atoms with Crippen molar-refractivity contribution in [1.29, 1.82) is 0 Å². The highest BCUT2D eigenvalue weighted by Gasteiger charge is 2.54. The summed E-state index contributed by atoms with van der Waals surface area (Å²) < 4.78 is 13.3. The van der Waals surface area contributed by atoms with Crippen LogP contribution in [0.15, 0.2) is 0 Å². The lowest BCUT2D eigenvalue weighted by molar-refractivity contribution is -0.121. The first-order valence-electron chi connectivity index (χ1n) is 10.1. The number of nitrogens with zero attached hydrogens (tertiary/aromatic N) is 1. The summed E-state index contributed by atoms with van der Waals surface area (Å²) in [5.41, 5.74) is 5.80. The molecule has 0 aromatic heterocycles. The maximum atomic E-state index is 13.3. The summed E-state index contributed by atoms with van der Waals surface area (Å²) in [6, 6.07) is -0.262. The first kappa shape index (κ1) is 18.7. The number of hydrogen-bond donors (Lipinski definition) is 1. The van der Waals surface area contributed by atoms with Gasteiger partial charge in [0.2, 0.25) is 0 Å². The van der Waals surface area contributed by atoms with E-state index < -0.39 is 6.17 Å². The maximum absolute atomic E-state index is 13.3. The van der Waals surface area contributed by atoms with Crippen LogP contribution >= 0.6 is 0 Å². The molecule has 0 radical (unpaired) electrons. The van der Waals surface area contributed by atoms with Gasteiger partial charge in [-0.2, -0.15) is 0 Å². The Kier molecular flexibility index (Phi) is 5.69. The van der Waals surface area contributed by atoms with Crippen molar-refractivity contribution in [2.24, 2.45) is 23.5 Å². The minimum atomic E-state index is -1.31. The lowest BCUT2D eigenvalue weighted by Crippen LogP contribution is -2.62. The maximum Gasteiger partial charge on any atom is 0.315 e. The zero-order valence-corrected chi connectivity index (χ0v) is 15.5. The smallest absolute Gasteiger partial charge is 0.315 e. The molecular weight excluding hydrogens is 319 g/mol. The van der Waals surface area contributed by atoms with Crippen molar-refractivity contribution in [3.63, 3.8) is 0 Å². The van der Waals surface area contributed by atoms with E-state index in [0.29, 0.717) is 6.42 Å². The topological polar surface area (TPSA) is 63.4 Å². The van der Waals surface area contributed by atoms with Crippen molar-refractivity contribution < 1.29 is 14.0 Å². The number of Topliss-reactive ketones (excluding diaryl/α,β-unsaturated/α-hetero) is 1. The zero-order chi connectivity index (χ0) is 18.0. The molecule has 4 nitrogen and oxygen atoms in total. The molecule has 4 aliphatic carbocycles. The first-order valence-corrected chi connectivity index (χ1v) is 10.1. The Balaban J connectivity index is 1.46. The largest absolute Gasteiger partial charge is 0.351 e. The van der Waals surface area contributed by atoms with E-state index in [9.17, 15) is 14.0 Å². The average Bonchev–Trinajstić information content (AvgIpc) is 2.51. The zero-order valence-electron chi connectivity index (χ0n) is 15.5. The summed E-state index contributed by atoms with van der Waals surface area (Å²) in [5, 5.41) is 0. The molecule has 0 saturated heterocycles. The molecule has 25 heavy (non-hydrogen) atoms. The molecule has 2 amide bonds. The lowest BCUT2D eigenvalue weighted by atomic mass is 9.52. The van der Waals surface area contributed by atoms with Gasteiger partial charge in [0.25, 0.3) is 0 Å². The molecule has 5 heteroatoms. The van der Waals surface area contributed by atoms with Gasteiger partial charge in [0.1, 0.15) is 0 Å². The number of amides is 2. The van der Waals surface area contributed by atoms with Gasteiger partial charge in [0, 0.05) is 12.1 Å². The number of ketones is 1. The third kappa shape index (κ3) is 4.17. The number of nitrogens with two attached hydrogens (primary N) is 1. The van der Waals surface area contributed by atoms with Crippen LogP contribution in [0, 0.1) is 17.8 Å². The van der Waals surface area contributed by atoms with E-state index in [0.717, 1.165) is 69.2 Å². The van der Waals surface area contributed by atoms with Crippen molar-refractivity contribution in [2.45, 2.75) is 89.3 Å². The van der Waals surface area contributed by atoms with Crippen molar-refractivity contribution in [1.82, 2.24) is 4.90 Å². The summed E-state index contributed by atoms with van der Waals surface area (Å²) >= 11 is 0. The van der Waals surface area contributed by atoms with Crippen LogP contribution < -0.4 is 5.73 Å². The molecule has 0 spiro atoms. The Morgan fingerprint density at radius 1 is 1.04 bits per heavy atom. The van der Waals surface area contributed by atoms with E-state index in [1.807, 2.05) is 4.90 Å². The molecule has 0 heterocycles. The molecule has 4 fully saturated rings. The average molecular weight is 352 g/mol. The summed E-state index contributed by atoms with van der Waals surface area (Å²) in [4.78, 5) is 25.1. The van der Waals surface area contributed by atoms with Gasteiger partial charge in [-0.3, -0.25) is 4.79 Å². The molecule has 4 saturated carbocycles. The second kappa shape index (κ2) is 7.63. The highest BCUT2D eigenvalue weighted by Crippen LogP contribution is 2.57. The van der Waals surface area contributed by atoms with Crippen molar-refractivity contribution in [3.05, 3.63) is 0 Å². The standard InChI is InChI=1S/C20H33FN2O2/c1-14(24)18(21)6-4-2-3-5-7-23(19(22)25)20-11-15-8-16(12-20)10-17(9-15)13-20/h15-18H,2-13H2,1H3,(H2,22,25). The van der Waals surface area contributed by atoms with Crippen LogP contribution in [0.4, 0.5) is 9.18 Å². The number of unbranched alkanes of at least 4 members (excludes halogenated alkanes) is 3. The normalized spacial score (nSPS) is 34.1. The van der Waals surface area contributed by atoms with Crippen molar-refractivity contribution in [2.75, 3.05) is 6.54 Å². The van der Waals surface area contributed by atoms with Crippen LogP contribution in [-0.2, 0) is 4.79 Å². The van der Waals surface area contributed by atoms with Gasteiger partial charge in [0.15, 0.2) is 12.0 Å². The number of carbonyl (C=O) groups excluding carboxylic acids is 2. The fraction of sp³-hybridized carbons (Fsp3) is 0.900. The van der Waals surface area contributed by atoms with E-state index in [1.54, 1.807) is 0 Å². The third-order valence-corrected chi connectivity index (χ3v) is 6.87. The second-order valence-electron chi connectivity index (χ2n) is 8.91. The number of hydrogen-bond acceptors (Lipinski definition) is 2. The van der Waals surface area contributed by atoms with Crippen molar-refractivity contribution >= 4 is 11.8 Å². The molecular formula is C20H33FN2O2. The highest BCUT2D eigenvalue weighted by atomic mass is 19.1. The Bertz CT molecular complexity index is 473. The Morgan fingerprint density at radius 3 is 2.04 bits per heavy atom. The number of primary amides is 1. The van der Waals surface area contributed by atoms with Gasteiger partial charge < -0.3 is 10.6 Å². The lowest BCUT2D eigenvalue weighted by Gasteiger charge is -2.60. The predicted octanol–water partition coefficient (Wildman–Crippen LogP) is 4.21. The molecule has 2 N–H and O–H groups in total. The van der Waals surface area contributed by atoms with Gasteiger partial charge in [-0.05, 0) is 76.0 Å². The minimum absolute atomic E-state index is 0.0270. The number of alkyl halides is 1. The van der Waals surface area contributed by atoms with E-state index in [4.69, 9.17) is 5.73 Å². The molecule has 4 bridgehead atoms. The second-order valence-corrected chi connectivity index (χ2v) is 8.91. The van der Waals surface area contributed by atoms with Crippen LogP contribution in [0.25, 0.3) is 0 Å². The molecule has 0 aromatic carbocycles. The quantitative estimate of drug-likeness (QED) is 0.632. The molecule has 142 valence electrons. The molecule has 1 unspecified atom stereocenters. The number of rotatable bonds is 9. The van der Waals surface area contributed by atoms with Crippen LogP contribution in [-0.4, -0.2) is 35.0 Å². The van der Waals surface area contributed by atoms with Gasteiger partial charge in [-0.1, -0.05) is 19.3 Å². The summed E-state index contributed by atoms with van der Waals surface area (Å²) in [7, 11) is 0. The van der Waals surface area contributed by atoms with Gasteiger partial charge in [-0.25, -0.2) is 9.18 Å². The van der Waals surface area contributed by atoms with Gasteiger partial charge in [-0.15, -0.1) is 0 Å². The summed E-state index contributed by atoms with van der Waals surface area (Å²) in [6.45, 7) is 2.04. The van der Waals surface area contributed by atoms with E-state index in [1.165, 1.54) is 26.2 Å². The minimum Gasteiger partial charge on any atom is -0.351 e. The fourth-order valence-corrected chi connectivity index (χ4v) is 6.13. The van der Waals surface area contributed by atoms with Gasteiger partial charge >= 0.3 is 6.03 Å². The number of halogens is 1. The van der Waals surface area contributed by atoms with Crippen molar-refractivity contribution in [3.8, 4) is 0 Å². The SMILES string of the molecule is CC(=O)C(F)CCCCCCN(C(N)=O)C12CC3CC(CC(C3)C1)C2. The molecule has 1 atom stereocenters. The van der Waals surface area contributed by atoms with Crippen LogP contribution in [0.2, 0.25) is 0 Å². The molecule has 4 aliphatic rings. The first-order chi connectivity index (χ1) is 11.9. The Morgan fingerprint density at radius 2 is 1.56 bits per heavy atom. The number of urea groups is 1. The van der Waals surface area contributed by atoms with Crippen LogP contribution in [0.3, 0.4) is 0 Å². The van der Waals surface area contributed by atoms with Crippen LogP contribution in [0.5, 0.6) is 0 Å². The third-order valence-electron chi connectivity index (χ3n) is 6.87. The summed E-state index contributed by atoms with van der Waals surface area (Å²) in [5.74, 6) is 2.00. The predicted molar refractivity (Wildman–Crippen MR) is 95.9 cm³/mol. The van der Waals surface area contributed by atoms with Crippen LogP contribution in [0.1, 0.15) is 77.6 Å². The van der Waals surface area contributed by atoms with E-state index >= 15 is 0 Å². The van der Waals surface area contributed by atoms with E-state index in [-0.39, 0.29) is 17.4 Å². The molecule has 4 rings (SSSR count). The molecule has 0 aliphatic heterocycles. The van der Waals surface area contributed by atoms with Gasteiger partial charge in [0.05, 0.1) is 0 Å². The monoisotopic (exact) mass is 352 g/mol. The Labute approximate surface area is 150 Å². The van der Waals surface area contributed by atoms with E-state index in [2.05, 4.69) is 0 Å². The highest BCUT2D eigenvalue weighted by molar-refractivity contribution is 5.80. The fourth-order valence-electron chi connectivity index (χ4n) is 6.13. The summed E-state index contributed by atoms with van der Waals surface area (Å²) in [6.07, 6.45) is 10.0. The molecule has 0 aromatic rings.